The summed E-state index contributed by atoms with van der Waals surface area (Å²) in [7, 11) is 0. The molecule has 0 aliphatic heterocycles. The summed E-state index contributed by atoms with van der Waals surface area (Å²) in [6, 6.07) is 3.94. The Morgan fingerprint density at radius 1 is 1.18 bits per heavy atom. The van der Waals surface area contributed by atoms with Crippen LogP contribution < -0.4 is 5.32 Å². The molecule has 0 unspecified atom stereocenters. The van der Waals surface area contributed by atoms with Crippen molar-refractivity contribution < 1.29 is 23.4 Å². The van der Waals surface area contributed by atoms with Gasteiger partial charge in [0.15, 0.2) is 5.82 Å². The summed E-state index contributed by atoms with van der Waals surface area (Å²) in [5.41, 5.74) is -1.32. The molecular formula is C18H16F3N5O2. The number of alkyl halides is 3. The standard InChI is InChI=1S/C18H16F3N5O2/c1-17(28)6-10(7-17)24-16-14-11(3-2-4-22-14)13(25-26-16)15-12(27)5-9(8-23-15)18(19,20)21/h2-5,8,10,27-28H,6-7H2,1H3,(H,24,26). The molecule has 4 rings (SSSR count). The highest BCUT2D eigenvalue weighted by Crippen LogP contribution is 2.38. The Kier molecular flexibility index (Phi) is 4.11. The lowest BCUT2D eigenvalue weighted by atomic mass is 9.77. The van der Waals surface area contributed by atoms with Crippen LogP contribution in [0.15, 0.2) is 30.6 Å². The molecule has 0 saturated heterocycles. The minimum absolute atomic E-state index is 0.0120. The molecule has 0 radical (unpaired) electrons. The van der Waals surface area contributed by atoms with E-state index in [1.807, 2.05) is 0 Å². The molecule has 10 heteroatoms. The van der Waals surface area contributed by atoms with Crippen molar-refractivity contribution >= 4 is 16.7 Å². The van der Waals surface area contributed by atoms with Gasteiger partial charge in [-0.1, -0.05) is 0 Å². The quantitative estimate of drug-likeness (QED) is 0.630. The van der Waals surface area contributed by atoms with Crippen LogP contribution in [0.3, 0.4) is 0 Å². The molecule has 7 nitrogen and oxygen atoms in total. The van der Waals surface area contributed by atoms with E-state index >= 15 is 0 Å². The predicted octanol–water partition coefficient (Wildman–Crippen LogP) is 3.14. The number of halogens is 3. The average molecular weight is 391 g/mol. The number of aromatic hydroxyl groups is 1. The van der Waals surface area contributed by atoms with Crippen molar-refractivity contribution in [2.45, 2.75) is 37.6 Å². The van der Waals surface area contributed by atoms with Crippen molar-refractivity contribution in [1.82, 2.24) is 20.2 Å². The molecule has 0 spiro atoms. The zero-order valence-corrected chi connectivity index (χ0v) is 14.7. The van der Waals surface area contributed by atoms with Crippen molar-refractivity contribution in [3.63, 3.8) is 0 Å². The summed E-state index contributed by atoms with van der Waals surface area (Å²) >= 11 is 0. The number of pyridine rings is 2. The molecule has 28 heavy (non-hydrogen) atoms. The largest absolute Gasteiger partial charge is 0.506 e. The molecule has 146 valence electrons. The SMILES string of the molecule is CC1(O)CC(Nc2nnc(-c3ncc(C(F)(F)F)cc3O)c3cccnc23)C1. The highest BCUT2D eigenvalue weighted by Gasteiger charge is 2.39. The third-order valence-electron chi connectivity index (χ3n) is 4.67. The Morgan fingerprint density at radius 2 is 1.93 bits per heavy atom. The molecule has 3 heterocycles. The Morgan fingerprint density at radius 3 is 2.57 bits per heavy atom. The Hall–Kier alpha value is -3.01. The van der Waals surface area contributed by atoms with Gasteiger partial charge in [-0.05, 0) is 38.0 Å². The van der Waals surface area contributed by atoms with Gasteiger partial charge in [-0.15, -0.1) is 10.2 Å². The Balaban J connectivity index is 1.74. The van der Waals surface area contributed by atoms with Gasteiger partial charge in [-0.25, -0.2) is 4.98 Å². The highest BCUT2D eigenvalue weighted by molar-refractivity contribution is 5.97. The van der Waals surface area contributed by atoms with E-state index in [1.54, 1.807) is 25.3 Å². The Labute approximate surface area is 157 Å². The van der Waals surface area contributed by atoms with Crippen LogP contribution >= 0.6 is 0 Å². The first kappa shape index (κ1) is 18.4. The van der Waals surface area contributed by atoms with Gasteiger partial charge in [0.1, 0.15) is 22.7 Å². The van der Waals surface area contributed by atoms with E-state index in [2.05, 4.69) is 25.5 Å². The summed E-state index contributed by atoms with van der Waals surface area (Å²) in [4.78, 5) is 8.03. The monoisotopic (exact) mass is 391 g/mol. The first-order chi connectivity index (χ1) is 13.1. The zero-order chi connectivity index (χ0) is 20.1. The molecule has 1 fully saturated rings. The van der Waals surface area contributed by atoms with Gasteiger partial charge in [0.25, 0.3) is 0 Å². The highest BCUT2D eigenvalue weighted by atomic mass is 19.4. The van der Waals surface area contributed by atoms with E-state index in [4.69, 9.17) is 0 Å². The smallest absolute Gasteiger partial charge is 0.418 e. The number of anilines is 1. The van der Waals surface area contributed by atoms with Gasteiger partial charge in [0.2, 0.25) is 0 Å². The van der Waals surface area contributed by atoms with Crippen LogP contribution in [0.5, 0.6) is 5.75 Å². The van der Waals surface area contributed by atoms with Gasteiger partial charge in [0.05, 0.1) is 11.2 Å². The number of fused-ring (bicyclic) bond motifs is 1. The van der Waals surface area contributed by atoms with Crippen LogP contribution in [0.25, 0.3) is 22.3 Å². The molecule has 0 bridgehead atoms. The Bertz CT molecular complexity index is 1050. The maximum absolute atomic E-state index is 12.8. The van der Waals surface area contributed by atoms with Gasteiger partial charge in [-0.2, -0.15) is 13.2 Å². The van der Waals surface area contributed by atoms with Crippen LogP contribution in [0, 0.1) is 0 Å². The second-order valence-corrected chi connectivity index (χ2v) is 7.13. The average Bonchev–Trinajstić information content (AvgIpc) is 2.60. The number of aliphatic hydroxyl groups is 1. The van der Waals surface area contributed by atoms with Crippen LogP contribution in [-0.2, 0) is 6.18 Å². The lowest BCUT2D eigenvalue weighted by Crippen LogP contribution is -2.48. The van der Waals surface area contributed by atoms with E-state index < -0.39 is 23.1 Å². The van der Waals surface area contributed by atoms with Crippen molar-refractivity contribution in [2.24, 2.45) is 0 Å². The fourth-order valence-corrected chi connectivity index (χ4v) is 3.35. The molecule has 0 aromatic carbocycles. The fourth-order valence-electron chi connectivity index (χ4n) is 3.35. The van der Waals surface area contributed by atoms with Gasteiger partial charge in [-0.3, -0.25) is 4.98 Å². The third kappa shape index (κ3) is 3.31. The fraction of sp³-hybridized carbons (Fsp3) is 0.333. The second kappa shape index (κ2) is 6.26. The number of aromatic nitrogens is 4. The number of hydrogen-bond donors (Lipinski definition) is 3. The molecule has 0 atom stereocenters. The van der Waals surface area contributed by atoms with Gasteiger partial charge < -0.3 is 15.5 Å². The van der Waals surface area contributed by atoms with Crippen LogP contribution in [-0.4, -0.2) is 42.0 Å². The van der Waals surface area contributed by atoms with Gasteiger partial charge in [0, 0.05) is 23.8 Å². The van der Waals surface area contributed by atoms with E-state index in [9.17, 15) is 23.4 Å². The number of rotatable bonds is 3. The first-order valence-corrected chi connectivity index (χ1v) is 8.51. The molecule has 0 amide bonds. The molecule has 1 aliphatic rings. The van der Waals surface area contributed by atoms with Crippen molar-refractivity contribution in [2.75, 3.05) is 5.32 Å². The third-order valence-corrected chi connectivity index (χ3v) is 4.67. The predicted molar refractivity (Wildman–Crippen MR) is 94.5 cm³/mol. The van der Waals surface area contributed by atoms with E-state index in [1.165, 1.54) is 0 Å². The summed E-state index contributed by atoms with van der Waals surface area (Å²) < 4.78 is 38.4. The first-order valence-electron chi connectivity index (χ1n) is 8.51. The molecule has 3 aromatic rings. The van der Waals surface area contributed by atoms with Crippen LogP contribution in [0.2, 0.25) is 0 Å². The number of nitrogens with zero attached hydrogens (tertiary/aromatic N) is 4. The summed E-state index contributed by atoms with van der Waals surface area (Å²) in [5.74, 6) is -0.253. The molecule has 1 aliphatic carbocycles. The lowest BCUT2D eigenvalue weighted by molar-refractivity contribution is -0.137. The molecule has 1 saturated carbocycles. The molecule has 3 N–H and O–H groups in total. The molecule has 3 aromatic heterocycles. The molecular weight excluding hydrogens is 375 g/mol. The van der Waals surface area contributed by atoms with Crippen LogP contribution in [0.4, 0.5) is 19.0 Å². The normalized spacial score (nSPS) is 22.1. The maximum Gasteiger partial charge on any atom is 0.418 e. The lowest BCUT2D eigenvalue weighted by Gasteiger charge is -2.41. The van der Waals surface area contributed by atoms with Crippen molar-refractivity contribution in [3.05, 3.63) is 36.2 Å². The van der Waals surface area contributed by atoms with E-state index in [0.29, 0.717) is 41.8 Å². The van der Waals surface area contributed by atoms with E-state index in [-0.39, 0.29) is 17.4 Å². The zero-order valence-electron chi connectivity index (χ0n) is 14.7. The minimum atomic E-state index is -4.62. The minimum Gasteiger partial charge on any atom is -0.506 e. The van der Waals surface area contributed by atoms with Crippen molar-refractivity contribution in [1.29, 1.82) is 0 Å². The van der Waals surface area contributed by atoms with Crippen molar-refractivity contribution in [3.8, 4) is 17.1 Å². The summed E-state index contributed by atoms with van der Waals surface area (Å²) in [6.45, 7) is 1.75. The number of nitrogens with one attached hydrogen (secondary N) is 1. The number of hydrogen-bond acceptors (Lipinski definition) is 7. The summed E-state index contributed by atoms with van der Waals surface area (Å²) in [6.07, 6.45) is -1.33. The second-order valence-electron chi connectivity index (χ2n) is 7.13. The summed E-state index contributed by atoms with van der Waals surface area (Å²) in [5, 5.41) is 31.8. The topological polar surface area (TPSA) is 104 Å². The maximum atomic E-state index is 12.8. The van der Waals surface area contributed by atoms with E-state index in [0.717, 1.165) is 0 Å². The van der Waals surface area contributed by atoms with Crippen LogP contribution in [0.1, 0.15) is 25.3 Å². The van der Waals surface area contributed by atoms with Gasteiger partial charge >= 0.3 is 6.18 Å².